The highest BCUT2D eigenvalue weighted by Crippen LogP contribution is 2.23. The maximum absolute atomic E-state index is 11.9. The highest BCUT2D eigenvalue weighted by atomic mass is 79.9. The number of rotatable bonds is 3. The van der Waals surface area contributed by atoms with E-state index in [0.717, 1.165) is 4.47 Å². The fraction of sp³-hybridized carbons (Fsp3) is 0.0769. The van der Waals surface area contributed by atoms with Crippen LogP contribution in [0.15, 0.2) is 41.0 Å². The van der Waals surface area contributed by atoms with Crippen LogP contribution in [0.5, 0.6) is 5.88 Å². The molecule has 0 saturated heterocycles. The predicted molar refractivity (Wildman–Crippen MR) is 82.6 cm³/mol. The molecular formula is C13H11BrClN3O2. The molecule has 1 aromatic carbocycles. The van der Waals surface area contributed by atoms with Crippen molar-refractivity contribution in [2.75, 3.05) is 17.7 Å². The molecule has 0 fully saturated rings. The fourth-order valence-electron chi connectivity index (χ4n) is 1.52. The van der Waals surface area contributed by atoms with Crippen molar-refractivity contribution >= 4 is 44.9 Å². The van der Waals surface area contributed by atoms with Crippen LogP contribution >= 0.6 is 27.5 Å². The molecular weight excluding hydrogens is 346 g/mol. The van der Waals surface area contributed by atoms with Crippen LogP contribution in [-0.2, 0) is 0 Å². The number of hydrogen-bond donors (Lipinski definition) is 2. The molecule has 1 heterocycles. The molecule has 1 aromatic heterocycles. The van der Waals surface area contributed by atoms with Crippen molar-refractivity contribution in [3.8, 4) is 5.88 Å². The van der Waals surface area contributed by atoms with Gasteiger partial charge in [-0.1, -0.05) is 27.5 Å². The van der Waals surface area contributed by atoms with Gasteiger partial charge < -0.3 is 15.4 Å². The number of hydrogen-bond acceptors (Lipinski definition) is 3. The van der Waals surface area contributed by atoms with Crippen molar-refractivity contribution in [3.63, 3.8) is 0 Å². The molecule has 0 radical (unpaired) electrons. The summed E-state index contributed by atoms with van der Waals surface area (Å²) in [5.41, 5.74) is 1.17. The van der Waals surface area contributed by atoms with E-state index in [1.54, 1.807) is 36.5 Å². The normalized spacial score (nSPS) is 9.95. The zero-order chi connectivity index (χ0) is 14.5. The van der Waals surface area contributed by atoms with E-state index >= 15 is 0 Å². The quantitative estimate of drug-likeness (QED) is 0.868. The summed E-state index contributed by atoms with van der Waals surface area (Å²) in [4.78, 5) is 15.8. The summed E-state index contributed by atoms with van der Waals surface area (Å²) in [6.45, 7) is 0. The van der Waals surface area contributed by atoms with Gasteiger partial charge in [-0.2, -0.15) is 0 Å². The van der Waals surface area contributed by atoms with Gasteiger partial charge >= 0.3 is 6.03 Å². The molecule has 7 heteroatoms. The Hall–Kier alpha value is -1.79. The number of aromatic nitrogens is 1. The lowest BCUT2D eigenvalue weighted by Crippen LogP contribution is -2.19. The molecule has 5 nitrogen and oxygen atoms in total. The molecule has 0 unspecified atom stereocenters. The minimum absolute atomic E-state index is 0.382. The third kappa shape index (κ3) is 4.11. The third-order valence-electron chi connectivity index (χ3n) is 2.32. The van der Waals surface area contributed by atoms with Crippen molar-refractivity contribution in [1.29, 1.82) is 0 Å². The molecule has 0 spiro atoms. The first-order valence-electron chi connectivity index (χ1n) is 5.61. The molecule has 0 atom stereocenters. The molecule has 2 N–H and O–H groups in total. The summed E-state index contributed by atoms with van der Waals surface area (Å²) in [5, 5.41) is 5.89. The monoisotopic (exact) mass is 355 g/mol. The van der Waals surface area contributed by atoms with Crippen LogP contribution in [0.3, 0.4) is 0 Å². The second-order valence-corrected chi connectivity index (χ2v) is 5.18. The molecule has 2 amide bonds. The number of nitrogens with one attached hydrogen (secondary N) is 2. The number of halogens is 2. The second kappa shape index (κ2) is 6.58. The van der Waals surface area contributed by atoms with E-state index in [2.05, 4.69) is 31.5 Å². The van der Waals surface area contributed by atoms with Gasteiger partial charge in [0.25, 0.3) is 0 Å². The van der Waals surface area contributed by atoms with Crippen LogP contribution in [-0.4, -0.2) is 18.1 Å². The van der Waals surface area contributed by atoms with E-state index in [-0.39, 0.29) is 6.03 Å². The van der Waals surface area contributed by atoms with Gasteiger partial charge in [0.1, 0.15) is 0 Å². The summed E-state index contributed by atoms with van der Waals surface area (Å²) < 4.78 is 5.76. The number of methoxy groups -OCH3 is 1. The Morgan fingerprint density at radius 3 is 2.70 bits per heavy atom. The first-order valence-corrected chi connectivity index (χ1v) is 6.78. The Bertz CT molecular complexity index is 617. The number of carbonyl (C=O) groups excluding carboxylic acids is 1. The minimum atomic E-state index is -0.382. The summed E-state index contributed by atoms with van der Waals surface area (Å²) >= 11 is 9.21. The molecule has 2 aromatic rings. The highest BCUT2D eigenvalue weighted by Gasteiger charge is 2.05. The molecule has 0 saturated carbocycles. The maximum atomic E-state index is 11.9. The van der Waals surface area contributed by atoms with Gasteiger partial charge in [0.2, 0.25) is 5.88 Å². The third-order valence-corrected chi connectivity index (χ3v) is 3.00. The lowest BCUT2D eigenvalue weighted by Gasteiger charge is -2.09. The number of anilines is 2. The average Bonchev–Trinajstić information content (AvgIpc) is 2.37. The molecule has 0 aliphatic rings. The van der Waals surface area contributed by atoms with E-state index in [1.807, 2.05) is 0 Å². The van der Waals surface area contributed by atoms with Crippen LogP contribution in [0, 0.1) is 0 Å². The Balaban J connectivity index is 2.04. The summed E-state index contributed by atoms with van der Waals surface area (Å²) in [6.07, 6.45) is 1.55. The van der Waals surface area contributed by atoms with Crippen LogP contribution in [0.4, 0.5) is 16.2 Å². The maximum Gasteiger partial charge on any atom is 0.323 e. The van der Waals surface area contributed by atoms with Crippen LogP contribution < -0.4 is 15.4 Å². The van der Waals surface area contributed by atoms with Gasteiger partial charge in [0.15, 0.2) is 0 Å². The standard InChI is InChI=1S/C13H11BrClN3O2/c1-20-12-7-10(2-3-16-12)17-13(19)18-11-5-8(14)4-9(15)6-11/h2-7H,1H3,(H2,16,17,18,19). The van der Waals surface area contributed by atoms with Gasteiger partial charge in [0.05, 0.1) is 7.11 Å². The van der Waals surface area contributed by atoms with Crippen LogP contribution in [0.2, 0.25) is 5.02 Å². The van der Waals surface area contributed by atoms with Crippen molar-refractivity contribution in [3.05, 3.63) is 46.0 Å². The van der Waals surface area contributed by atoms with Gasteiger partial charge in [-0.3, -0.25) is 0 Å². The van der Waals surface area contributed by atoms with Gasteiger partial charge in [-0.05, 0) is 24.3 Å². The first kappa shape index (κ1) is 14.6. The number of amides is 2. The summed E-state index contributed by atoms with van der Waals surface area (Å²) in [5.74, 6) is 0.424. The summed E-state index contributed by atoms with van der Waals surface area (Å²) in [6, 6.07) is 8.03. The first-order chi connectivity index (χ1) is 9.56. The average molecular weight is 357 g/mol. The number of ether oxygens (including phenoxy) is 1. The Morgan fingerprint density at radius 2 is 2.00 bits per heavy atom. The number of benzene rings is 1. The lowest BCUT2D eigenvalue weighted by atomic mass is 10.3. The molecule has 104 valence electrons. The van der Waals surface area contributed by atoms with Gasteiger partial charge in [-0.15, -0.1) is 0 Å². The van der Waals surface area contributed by atoms with Crippen LogP contribution in [0.1, 0.15) is 0 Å². The largest absolute Gasteiger partial charge is 0.481 e. The molecule has 0 aliphatic heterocycles. The lowest BCUT2D eigenvalue weighted by molar-refractivity contribution is 0.262. The smallest absolute Gasteiger partial charge is 0.323 e. The fourth-order valence-corrected chi connectivity index (χ4v) is 2.38. The topological polar surface area (TPSA) is 63.2 Å². The van der Waals surface area contributed by atoms with Gasteiger partial charge in [-0.25, -0.2) is 9.78 Å². The van der Waals surface area contributed by atoms with Crippen molar-refractivity contribution in [1.82, 2.24) is 4.98 Å². The highest BCUT2D eigenvalue weighted by molar-refractivity contribution is 9.10. The second-order valence-electron chi connectivity index (χ2n) is 3.82. The van der Waals surface area contributed by atoms with E-state index in [4.69, 9.17) is 16.3 Å². The predicted octanol–water partition coefficient (Wildman–Crippen LogP) is 4.15. The molecule has 0 aliphatic carbocycles. The number of carbonyl (C=O) groups is 1. The number of pyridine rings is 1. The SMILES string of the molecule is COc1cc(NC(=O)Nc2cc(Cl)cc(Br)c2)ccn1. The van der Waals surface area contributed by atoms with E-state index in [0.29, 0.717) is 22.3 Å². The minimum Gasteiger partial charge on any atom is -0.481 e. The van der Waals surface area contributed by atoms with E-state index in [9.17, 15) is 4.79 Å². The zero-order valence-electron chi connectivity index (χ0n) is 10.5. The summed E-state index contributed by atoms with van der Waals surface area (Å²) in [7, 11) is 1.51. The Labute approximate surface area is 129 Å². The zero-order valence-corrected chi connectivity index (χ0v) is 12.8. The van der Waals surface area contributed by atoms with Crippen molar-refractivity contribution < 1.29 is 9.53 Å². The van der Waals surface area contributed by atoms with E-state index < -0.39 is 0 Å². The van der Waals surface area contributed by atoms with E-state index in [1.165, 1.54) is 7.11 Å². The molecule has 0 bridgehead atoms. The Kier molecular flexibility index (Phi) is 4.81. The number of nitrogens with zero attached hydrogens (tertiary/aromatic N) is 1. The van der Waals surface area contributed by atoms with Gasteiger partial charge in [0, 0.05) is 33.1 Å². The molecule has 2 rings (SSSR count). The molecule has 20 heavy (non-hydrogen) atoms. The number of urea groups is 1. The van der Waals surface area contributed by atoms with Crippen molar-refractivity contribution in [2.24, 2.45) is 0 Å². The Morgan fingerprint density at radius 1 is 1.25 bits per heavy atom. The van der Waals surface area contributed by atoms with Crippen molar-refractivity contribution in [2.45, 2.75) is 0 Å². The van der Waals surface area contributed by atoms with Crippen LogP contribution in [0.25, 0.3) is 0 Å².